The molecule has 2 aromatic rings. The third-order valence-corrected chi connectivity index (χ3v) is 3.12. The molecule has 19 heavy (non-hydrogen) atoms. The number of aromatic hydroxyl groups is 1. The molecule has 0 aliphatic heterocycles. The maximum absolute atomic E-state index is 9.94. The van der Waals surface area contributed by atoms with Gasteiger partial charge >= 0.3 is 0 Å². The van der Waals surface area contributed by atoms with Gasteiger partial charge in [-0.05, 0) is 30.7 Å². The first-order valence-electron chi connectivity index (χ1n) is 6.11. The van der Waals surface area contributed by atoms with E-state index >= 15 is 0 Å². The summed E-state index contributed by atoms with van der Waals surface area (Å²) >= 11 is 5.97. The summed E-state index contributed by atoms with van der Waals surface area (Å²) < 4.78 is 0. The SMILES string of the molecule is C=CCC(Nc1cccc(Cl)c1)c1ccccc1O. The Labute approximate surface area is 118 Å². The molecule has 2 rings (SSSR count). The largest absolute Gasteiger partial charge is 0.508 e. The smallest absolute Gasteiger partial charge is 0.120 e. The number of para-hydroxylation sites is 1. The maximum Gasteiger partial charge on any atom is 0.120 e. The first-order chi connectivity index (χ1) is 9.20. The quantitative estimate of drug-likeness (QED) is 0.769. The Morgan fingerprint density at radius 1 is 1.21 bits per heavy atom. The van der Waals surface area contributed by atoms with Gasteiger partial charge < -0.3 is 10.4 Å². The van der Waals surface area contributed by atoms with Crippen LogP contribution >= 0.6 is 11.6 Å². The second-order valence-corrected chi connectivity index (χ2v) is 4.73. The van der Waals surface area contributed by atoms with Crippen molar-refractivity contribution in [2.45, 2.75) is 12.5 Å². The third-order valence-electron chi connectivity index (χ3n) is 2.88. The summed E-state index contributed by atoms with van der Waals surface area (Å²) in [4.78, 5) is 0. The van der Waals surface area contributed by atoms with Crippen LogP contribution in [-0.4, -0.2) is 5.11 Å². The predicted octanol–water partition coefficient (Wildman–Crippen LogP) is 4.77. The highest BCUT2D eigenvalue weighted by Gasteiger charge is 2.13. The second kappa shape index (κ2) is 6.30. The fraction of sp³-hybridized carbons (Fsp3) is 0.125. The van der Waals surface area contributed by atoms with E-state index in [0.29, 0.717) is 11.4 Å². The molecule has 1 atom stereocenters. The molecule has 0 spiro atoms. The Balaban J connectivity index is 2.26. The van der Waals surface area contributed by atoms with Gasteiger partial charge in [0.1, 0.15) is 5.75 Å². The van der Waals surface area contributed by atoms with Crippen molar-refractivity contribution in [3.8, 4) is 5.75 Å². The molecule has 98 valence electrons. The van der Waals surface area contributed by atoms with Gasteiger partial charge in [-0.25, -0.2) is 0 Å². The number of nitrogens with one attached hydrogen (secondary N) is 1. The lowest BCUT2D eigenvalue weighted by atomic mass is 10.0. The van der Waals surface area contributed by atoms with Crippen LogP contribution in [0.4, 0.5) is 5.69 Å². The lowest BCUT2D eigenvalue weighted by Gasteiger charge is -2.20. The number of hydrogen-bond acceptors (Lipinski definition) is 2. The van der Waals surface area contributed by atoms with Crippen LogP contribution in [0.2, 0.25) is 5.02 Å². The van der Waals surface area contributed by atoms with Gasteiger partial charge in [0.2, 0.25) is 0 Å². The van der Waals surface area contributed by atoms with Gasteiger partial charge in [-0.3, -0.25) is 0 Å². The van der Waals surface area contributed by atoms with E-state index in [1.165, 1.54) is 0 Å². The molecule has 0 radical (unpaired) electrons. The van der Waals surface area contributed by atoms with E-state index in [2.05, 4.69) is 11.9 Å². The Morgan fingerprint density at radius 2 is 2.00 bits per heavy atom. The molecule has 0 aromatic heterocycles. The number of phenolic OH excluding ortho intramolecular Hbond substituents is 1. The van der Waals surface area contributed by atoms with Crippen molar-refractivity contribution in [3.05, 3.63) is 71.8 Å². The highest BCUT2D eigenvalue weighted by molar-refractivity contribution is 6.30. The molecular formula is C16H16ClNO. The molecule has 0 saturated carbocycles. The fourth-order valence-corrected chi connectivity index (χ4v) is 2.18. The average molecular weight is 274 g/mol. The van der Waals surface area contributed by atoms with Crippen molar-refractivity contribution < 1.29 is 5.11 Å². The standard InChI is InChI=1S/C16H16ClNO/c1-2-6-15(14-9-3-4-10-16(14)19)18-13-8-5-7-12(17)11-13/h2-5,7-11,15,18-19H,1,6H2. The van der Waals surface area contributed by atoms with Crippen LogP contribution in [0.3, 0.4) is 0 Å². The van der Waals surface area contributed by atoms with Crippen molar-refractivity contribution in [3.63, 3.8) is 0 Å². The van der Waals surface area contributed by atoms with Gasteiger partial charge in [0.15, 0.2) is 0 Å². The minimum atomic E-state index is -0.0304. The summed E-state index contributed by atoms with van der Waals surface area (Å²) in [5.41, 5.74) is 1.77. The molecule has 3 heteroatoms. The molecule has 2 nitrogen and oxygen atoms in total. The van der Waals surface area contributed by atoms with Crippen molar-refractivity contribution in [2.75, 3.05) is 5.32 Å². The Bertz CT molecular complexity index is 568. The highest BCUT2D eigenvalue weighted by Crippen LogP contribution is 2.30. The second-order valence-electron chi connectivity index (χ2n) is 4.29. The molecule has 0 saturated heterocycles. The summed E-state index contributed by atoms with van der Waals surface area (Å²) in [5, 5.41) is 14.0. The van der Waals surface area contributed by atoms with Gasteiger partial charge in [0.05, 0.1) is 6.04 Å². The molecule has 1 unspecified atom stereocenters. The lowest BCUT2D eigenvalue weighted by Crippen LogP contribution is -2.10. The first kappa shape index (κ1) is 13.5. The molecule has 0 aliphatic rings. The van der Waals surface area contributed by atoms with Crippen LogP contribution in [0.15, 0.2) is 61.2 Å². The van der Waals surface area contributed by atoms with Gasteiger partial charge in [-0.1, -0.05) is 41.9 Å². The van der Waals surface area contributed by atoms with Crippen LogP contribution in [0.1, 0.15) is 18.0 Å². The molecule has 0 heterocycles. The molecule has 2 aromatic carbocycles. The highest BCUT2D eigenvalue weighted by atomic mass is 35.5. The van der Waals surface area contributed by atoms with Crippen LogP contribution in [0.5, 0.6) is 5.75 Å². The van der Waals surface area contributed by atoms with E-state index in [4.69, 9.17) is 11.6 Å². The first-order valence-corrected chi connectivity index (χ1v) is 6.49. The maximum atomic E-state index is 9.94. The zero-order valence-electron chi connectivity index (χ0n) is 10.5. The number of anilines is 1. The molecule has 0 aliphatic carbocycles. The minimum absolute atomic E-state index is 0.0304. The van der Waals surface area contributed by atoms with E-state index in [9.17, 15) is 5.11 Å². The van der Waals surface area contributed by atoms with Crippen molar-refractivity contribution in [1.29, 1.82) is 0 Å². The van der Waals surface area contributed by atoms with Crippen molar-refractivity contribution >= 4 is 17.3 Å². The van der Waals surface area contributed by atoms with Gasteiger partial charge in [-0.2, -0.15) is 0 Å². The molecule has 2 N–H and O–H groups in total. The van der Waals surface area contributed by atoms with Crippen molar-refractivity contribution in [1.82, 2.24) is 0 Å². The van der Waals surface area contributed by atoms with E-state index in [1.54, 1.807) is 6.07 Å². The third kappa shape index (κ3) is 3.52. The topological polar surface area (TPSA) is 32.3 Å². The molecular weight excluding hydrogens is 258 g/mol. The van der Waals surface area contributed by atoms with Gasteiger partial charge in [0.25, 0.3) is 0 Å². The van der Waals surface area contributed by atoms with Crippen LogP contribution in [0.25, 0.3) is 0 Å². The predicted molar refractivity (Wildman–Crippen MR) is 80.7 cm³/mol. The van der Waals surface area contributed by atoms with E-state index in [1.807, 2.05) is 48.5 Å². The van der Waals surface area contributed by atoms with Crippen LogP contribution in [-0.2, 0) is 0 Å². The van der Waals surface area contributed by atoms with E-state index < -0.39 is 0 Å². The normalized spacial score (nSPS) is 11.8. The van der Waals surface area contributed by atoms with Crippen LogP contribution in [0, 0.1) is 0 Å². The minimum Gasteiger partial charge on any atom is -0.508 e. The lowest BCUT2D eigenvalue weighted by molar-refractivity contribution is 0.464. The van der Waals surface area contributed by atoms with Crippen LogP contribution < -0.4 is 5.32 Å². The monoisotopic (exact) mass is 273 g/mol. The summed E-state index contributed by atoms with van der Waals surface area (Å²) in [6, 6.07) is 14.8. The summed E-state index contributed by atoms with van der Waals surface area (Å²) in [6.45, 7) is 3.77. The number of phenols is 1. The Morgan fingerprint density at radius 3 is 2.68 bits per heavy atom. The number of rotatable bonds is 5. The summed E-state index contributed by atoms with van der Waals surface area (Å²) in [7, 11) is 0. The van der Waals surface area contributed by atoms with Gasteiger partial charge in [-0.15, -0.1) is 6.58 Å². The van der Waals surface area contributed by atoms with E-state index in [-0.39, 0.29) is 11.8 Å². The zero-order valence-corrected chi connectivity index (χ0v) is 11.3. The molecule has 0 fully saturated rings. The summed E-state index contributed by atoms with van der Waals surface area (Å²) in [5.74, 6) is 0.281. The average Bonchev–Trinajstić information content (AvgIpc) is 2.39. The summed E-state index contributed by atoms with van der Waals surface area (Å²) in [6.07, 6.45) is 2.54. The Kier molecular flexibility index (Phi) is 4.48. The number of hydrogen-bond donors (Lipinski definition) is 2. The number of halogens is 1. The van der Waals surface area contributed by atoms with E-state index in [0.717, 1.165) is 11.3 Å². The zero-order chi connectivity index (χ0) is 13.7. The molecule has 0 bridgehead atoms. The van der Waals surface area contributed by atoms with Crippen molar-refractivity contribution in [2.24, 2.45) is 0 Å². The van der Waals surface area contributed by atoms with Gasteiger partial charge in [0, 0.05) is 16.3 Å². The Hall–Kier alpha value is -1.93. The fourth-order valence-electron chi connectivity index (χ4n) is 1.99. The number of benzene rings is 2. The molecule has 0 amide bonds.